The molecule has 3 rings (SSSR count). The van der Waals surface area contributed by atoms with E-state index < -0.39 is 0 Å². The van der Waals surface area contributed by atoms with Crippen LogP contribution in [0.15, 0.2) is 35.3 Å². The fourth-order valence-electron chi connectivity index (χ4n) is 0.810. The smallest absolute Gasteiger partial charge is 0.0511 e. The molecule has 138 valence electrons. The summed E-state index contributed by atoms with van der Waals surface area (Å²) in [7, 11) is 0. The Balaban J connectivity index is -0.000000239. The first-order valence-corrected chi connectivity index (χ1v) is 10.7. The van der Waals surface area contributed by atoms with Crippen molar-refractivity contribution in [1.29, 1.82) is 0 Å². The molecular formula is C18H33N3S3. The first-order valence-electron chi connectivity index (χ1n) is 8.28. The maximum absolute atomic E-state index is 3.96. The van der Waals surface area contributed by atoms with Crippen molar-refractivity contribution >= 4 is 34.6 Å². The van der Waals surface area contributed by atoms with Crippen molar-refractivity contribution in [2.75, 3.05) is 0 Å². The van der Waals surface area contributed by atoms with Gasteiger partial charge < -0.3 is 0 Å². The van der Waals surface area contributed by atoms with Crippen molar-refractivity contribution in [3.8, 4) is 0 Å². The van der Waals surface area contributed by atoms with Crippen LogP contribution in [0.1, 0.15) is 57.7 Å². The van der Waals surface area contributed by atoms with E-state index in [0.29, 0.717) is 0 Å². The van der Waals surface area contributed by atoms with Gasteiger partial charge in [0, 0.05) is 28.0 Å². The maximum Gasteiger partial charge on any atom is 0.0511 e. The summed E-state index contributed by atoms with van der Waals surface area (Å²) in [6.45, 7) is 18.1. The van der Waals surface area contributed by atoms with Crippen molar-refractivity contribution in [3.63, 3.8) is 0 Å². The fourth-order valence-corrected chi connectivity index (χ4v) is 2.28. The van der Waals surface area contributed by atoms with Gasteiger partial charge in [0.15, 0.2) is 0 Å². The van der Waals surface area contributed by atoms with Gasteiger partial charge in [-0.1, -0.05) is 41.5 Å². The van der Waals surface area contributed by atoms with Crippen LogP contribution in [0, 0.1) is 20.8 Å². The zero-order valence-corrected chi connectivity index (χ0v) is 19.0. The number of aryl methyl sites for hydroxylation is 3. The van der Waals surface area contributed by atoms with E-state index in [2.05, 4.69) is 13.1 Å². The van der Waals surface area contributed by atoms with E-state index in [1.54, 1.807) is 6.20 Å². The molecule has 3 aromatic heterocycles. The fraction of sp³-hybridized carbons (Fsp3) is 0.500. The van der Waals surface area contributed by atoms with Gasteiger partial charge in [0.25, 0.3) is 0 Å². The third kappa shape index (κ3) is 20.9. The number of aromatic nitrogens is 3. The van der Waals surface area contributed by atoms with Crippen LogP contribution in [0.4, 0.5) is 0 Å². The molecule has 0 aromatic carbocycles. The molecule has 0 N–H and O–H groups in total. The molecule has 0 aliphatic carbocycles. The average Bonchev–Trinajstić information content (AvgIpc) is 3.40. The van der Waals surface area contributed by atoms with Gasteiger partial charge in [-0.25, -0.2) is 8.75 Å². The third-order valence-corrected chi connectivity index (χ3v) is 3.70. The maximum atomic E-state index is 3.96. The average molecular weight is 388 g/mol. The van der Waals surface area contributed by atoms with Crippen LogP contribution in [0.2, 0.25) is 0 Å². The van der Waals surface area contributed by atoms with E-state index in [1.807, 2.05) is 91.4 Å². The molecule has 0 saturated carbocycles. The predicted molar refractivity (Wildman–Crippen MR) is 115 cm³/mol. The summed E-state index contributed by atoms with van der Waals surface area (Å²) in [4.78, 5) is 1.27. The minimum absolute atomic E-state index is 1.11. The molecule has 0 spiro atoms. The van der Waals surface area contributed by atoms with Crippen LogP contribution >= 0.6 is 34.6 Å². The zero-order chi connectivity index (χ0) is 19.2. The molecule has 3 heterocycles. The van der Waals surface area contributed by atoms with Crippen LogP contribution in [0.3, 0.4) is 0 Å². The van der Waals surface area contributed by atoms with E-state index in [9.17, 15) is 0 Å². The molecule has 0 fully saturated rings. The van der Waals surface area contributed by atoms with Crippen molar-refractivity contribution in [3.05, 3.63) is 51.4 Å². The topological polar surface area (TPSA) is 38.7 Å². The number of rotatable bonds is 0. The Kier molecular flexibility index (Phi) is 27.9. The Labute approximate surface area is 161 Å². The van der Waals surface area contributed by atoms with Gasteiger partial charge in [-0.15, -0.1) is 0 Å². The summed E-state index contributed by atoms with van der Waals surface area (Å²) in [5.74, 6) is 0. The number of hydrogen-bond donors (Lipinski definition) is 0. The van der Waals surface area contributed by atoms with Crippen molar-refractivity contribution in [2.45, 2.75) is 62.3 Å². The molecule has 0 unspecified atom stereocenters. The molecule has 0 aliphatic heterocycles. The first kappa shape index (κ1) is 27.7. The Bertz CT molecular complexity index is 413. The van der Waals surface area contributed by atoms with Gasteiger partial charge in [-0.2, -0.15) is 4.37 Å². The summed E-state index contributed by atoms with van der Waals surface area (Å²) < 4.78 is 11.7. The summed E-state index contributed by atoms with van der Waals surface area (Å²) in [5, 5.41) is 3.98. The van der Waals surface area contributed by atoms with Gasteiger partial charge >= 0.3 is 0 Å². The molecule has 0 saturated heterocycles. The third-order valence-electron chi connectivity index (χ3n) is 1.69. The quantitative estimate of drug-likeness (QED) is 0.402. The summed E-state index contributed by atoms with van der Waals surface area (Å²) in [6, 6.07) is 3.98. The second kappa shape index (κ2) is 24.1. The minimum atomic E-state index is 1.11. The second-order valence-electron chi connectivity index (χ2n) is 3.47. The SMILES string of the molecule is CC.CC.CC.Cc1ccns1.Cc1ccsn1.Cc1cnsc1. The van der Waals surface area contributed by atoms with E-state index >= 15 is 0 Å². The van der Waals surface area contributed by atoms with E-state index in [1.165, 1.54) is 45.0 Å². The van der Waals surface area contributed by atoms with Gasteiger partial charge in [-0.3, -0.25) is 0 Å². The Morgan fingerprint density at radius 2 is 1.42 bits per heavy atom. The summed E-state index contributed by atoms with van der Waals surface area (Å²) in [6.07, 6.45) is 3.66. The lowest BCUT2D eigenvalue weighted by Crippen LogP contribution is -1.57. The van der Waals surface area contributed by atoms with E-state index in [4.69, 9.17) is 0 Å². The highest BCUT2D eigenvalue weighted by atomic mass is 32.1. The largest absolute Gasteiger partial charge is 0.201 e. The van der Waals surface area contributed by atoms with Gasteiger partial charge in [0.05, 0.1) is 5.69 Å². The normalized spacial score (nSPS) is 7.38. The van der Waals surface area contributed by atoms with Crippen molar-refractivity contribution in [2.24, 2.45) is 0 Å². The molecule has 0 radical (unpaired) electrons. The van der Waals surface area contributed by atoms with Crippen molar-refractivity contribution in [1.82, 2.24) is 13.1 Å². The highest BCUT2D eigenvalue weighted by Gasteiger charge is 1.77. The second-order valence-corrected chi connectivity index (χ2v) is 5.83. The van der Waals surface area contributed by atoms with Crippen LogP contribution in [-0.4, -0.2) is 13.1 Å². The highest BCUT2D eigenvalue weighted by molar-refractivity contribution is 7.05. The molecule has 6 heteroatoms. The zero-order valence-electron chi connectivity index (χ0n) is 16.5. The van der Waals surface area contributed by atoms with Gasteiger partial charge in [0.2, 0.25) is 0 Å². The Hall–Kier alpha value is -1.11. The molecular weight excluding hydrogens is 354 g/mol. The number of nitrogens with zero attached hydrogens (tertiary/aromatic N) is 3. The van der Waals surface area contributed by atoms with Crippen LogP contribution in [0.5, 0.6) is 0 Å². The number of hydrogen-bond acceptors (Lipinski definition) is 6. The van der Waals surface area contributed by atoms with E-state index in [0.717, 1.165) is 5.69 Å². The highest BCUT2D eigenvalue weighted by Crippen LogP contribution is 1.98. The minimum Gasteiger partial charge on any atom is -0.201 e. The Morgan fingerprint density at radius 1 is 0.792 bits per heavy atom. The lowest BCUT2D eigenvalue weighted by Gasteiger charge is -1.64. The monoisotopic (exact) mass is 387 g/mol. The standard InChI is InChI=1S/3C4H5NS.3C2H6/c1-4-2-5-6-3-4;1-4-2-3-6-5-4;1-4-2-3-5-6-4;3*1-2/h3*2-3H,1H3;3*1-2H3. The molecule has 0 aliphatic rings. The summed E-state index contributed by atoms with van der Waals surface area (Å²) >= 11 is 4.51. The predicted octanol–water partition coefficient (Wildman–Crippen LogP) is 7.43. The van der Waals surface area contributed by atoms with E-state index in [-0.39, 0.29) is 0 Å². The molecule has 0 bridgehead atoms. The van der Waals surface area contributed by atoms with Gasteiger partial charge in [-0.05, 0) is 73.1 Å². The lowest BCUT2D eigenvalue weighted by atomic mass is 10.5. The molecule has 0 atom stereocenters. The molecule has 3 nitrogen and oxygen atoms in total. The van der Waals surface area contributed by atoms with Crippen LogP contribution < -0.4 is 0 Å². The van der Waals surface area contributed by atoms with Crippen LogP contribution in [0.25, 0.3) is 0 Å². The van der Waals surface area contributed by atoms with Crippen molar-refractivity contribution < 1.29 is 0 Å². The molecule has 24 heavy (non-hydrogen) atoms. The molecule has 0 amide bonds. The Morgan fingerprint density at radius 3 is 1.54 bits per heavy atom. The van der Waals surface area contributed by atoms with Crippen LogP contribution in [-0.2, 0) is 0 Å². The molecule has 3 aromatic rings. The van der Waals surface area contributed by atoms with Gasteiger partial charge in [0.1, 0.15) is 0 Å². The first-order chi connectivity index (χ1) is 11.7. The summed E-state index contributed by atoms with van der Waals surface area (Å²) in [5.41, 5.74) is 2.36. The lowest BCUT2D eigenvalue weighted by molar-refractivity contribution is 1.35.